The molecule has 0 aliphatic rings. The van der Waals surface area contributed by atoms with Gasteiger partial charge in [0.15, 0.2) is 0 Å². The normalized spacial score (nSPS) is 13.5. The van der Waals surface area contributed by atoms with Crippen molar-refractivity contribution in [1.82, 2.24) is 4.72 Å². The van der Waals surface area contributed by atoms with Gasteiger partial charge < -0.3 is 0 Å². The van der Waals surface area contributed by atoms with Crippen LogP contribution in [-0.2, 0) is 20.8 Å². The number of aryl methyl sites for hydroxylation is 1. The lowest BCUT2D eigenvalue weighted by Crippen LogP contribution is -2.25. The Labute approximate surface area is 119 Å². The van der Waals surface area contributed by atoms with Gasteiger partial charge in [-0.1, -0.05) is 15.9 Å². The highest BCUT2D eigenvalue weighted by atomic mass is 79.9. The van der Waals surface area contributed by atoms with E-state index in [1.54, 1.807) is 24.5 Å². The van der Waals surface area contributed by atoms with Gasteiger partial charge in [0.1, 0.15) is 0 Å². The lowest BCUT2D eigenvalue weighted by atomic mass is 10.2. The number of nitrogens with one attached hydrogen (secondary N) is 1. The van der Waals surface area contributed by atoms with Gasteiger partial charge in [0.05, 0.1) is 4.90 Å². The van der Waals surface area contributed by atoms with Gasteiger partial charge in [-0.15, -0.1) is 0 Å². The van der Waals surface area contributed by atoms with Crippen LogP contribution in [0.2, 0.25) is 0 Å². The number of halogens is 1. The van der Waals surface area contributed by atoms with Crippen molar-refractivity contribution in [2.45, 2.75) is 18.2 Å². The molecule has 18 heavy (non-hydrogen) atoms. The first-order valence-corrected chi connectivity index (χ1v) is 9.39. The van der Waals surface area contributed by atoms with E-state index in [2.05, 4.69) is 20.7 Å². The molecule has 0 spiro atoms. The van der Waals surface area contributed by atoms with E-state index < -0.39 is 20.8 Å². The van der Waals surface area contributed by atoms with Gasteiger partial charge in [0.2, 0.25) is 10.0 Å². The van der Waals surface area contributed by atoms with Gasteiger partial charge in [-0.25, -0.2) is 13.1 Å². The maximum absolute atomic E-state index is 11.9. The fraction of sp³-hybridized carbons (Fsp3) is 0.455. The van der Waals surface area contributed by atoms with Crippen molar-refractivity contribution in [3.8, 4) is 0 Å². The Morgan fingerprint density at radius 3 is 2.61 bits per heavy atom. The third-order valence-electron chi connectivity index (χ3n) is 2.34. The first kappa shape index (κ1) is 15.8. The zero-order valence-electron chi connectivity index (χ0n) is 10.3. The molecule has 0 saturated carbocycles. The second-order valence-corrected chi connectivity index (χ2v) is 8.12. The van der Waals surface area contributed by atoms with Crippen LogP contribution in [0.4, 0.5) is 0 Å². The van der Waals surface area contributed by atoms with E-state index in [0.717, 1.165) is 10.0 Å². The number of hydrogen-bond donors (Lipinski definition) is 1. The van der Waals surface area contributed by atoms with Crippen molar-refractivity contribution in [3.05, 3.63) is 28.2 Å². The van der Waals surface area contributed by atoms with Crippen molar-refractivity contribution >= 4 is 36.8 Å². The van der Waals surface area contributed by atoms with E-state index in [-0.39, 0.29) is 4.90 Å². The van der Waals surface area contributed by atoms with Crippen molar-refractivity contribution in [3.63, 3.8) is 0 Å². The SMILES string of the molecule is Cc1cc(S(=O)(=O)NCCCS(C)=O)ccc1Br. The zero-order chi connectivity index (χ0) is 13.8. The van der Waals surface area contributed by atoms with Crippen LogP contribution in [0.15, 0.2) is 27.6 Å². The molecule has 0 heterocycles. The van der Waals surface area contributed by atoms with Gasteiger partial charge in [-0.2, -0.15) is 0 Å². The highest BCUT2D eigenvalue weighted by Crippen LogP contribution is 2.19. The van der Waals surface area contributed by atoms with Crippen LogP contribution >= 0.6 is 15.9 Å². The Kier molecular flexibility index (Phi) is 5.97. The van der Waals surface area contributed by atoms with Gasteiger partial charge in [-0.05, 0) is 37.1 Å². The summed E-state index contributed by atoms with van der Waals surface area (Å²) in [5.74, 6) is 0.502. The van der Waals surface area contributed by atoms with Gasteiger partial charge >= 0.3 is 0 Å². The first-order chi connectivity index (χ1) is 8.33. The summed E-state index contributed by atoms with van der Waals surface area (Å²) in [7, 11) is -4.35. The van der Waals surface area contributed by atoms with Crippen molar-refractivity contribution in [2.24, 2.45) is 0 Å². The van der Waals surface area contributed by atoms with Crippen LogP contribution in [0.3, 0.4) is 0 Å². The third-order valence-corrected chi connectivity index (χ3v) is 5.55. The van der Waals surface area contributed by atoms with Crippen molar-refractivity contribution in [1.29, 1.82) is 0 Å². The topological polar surface area (TPSA) is 63.2 Å². The molecule has 1 aromatic rings. The average molecular weight is 354 g/mol. The number of rotatable bonds is 6. The molecule has 1 atom stereocenters. The summed E-state index contributed by atoms with van der Waals surface area (Å²) in [6, 6.07) is 4.88. The highest BCUT2D eigenvalue weighted by Gasteiger charge is 2.13. The van der Waals surface area contributed by atoms with E-state index in [1.807, 2.05) is 6.92 Å². The summed E-state index contributed by atoms with van der Waals surface area (Å²) < 4.78 is 38.1. The quantitative estimate of drug-likeness (QED) is 0.793. The predicted molar refractivity (Wildman–Crippen MR) is 77.6 cm³/mol. The second kappa shape index (κ2) is 6.79. The lowest BCUT2D eigenvalue weighted by molar-refractivity contribution is 0.580. The van der Waals surface area contributed by atoms with Gasteiger partial charge in [0.25, 0.3) is 0 Å². The van der Waals surface area contributed by atoms with Crippen LogP contribution in [0.1, 0.15) is 12.0 Å². The summed E-state index contributed by atoms with van der Waals surface area (Å²) in [6.07, 6.45) is 2.17. The van der Waals surface area contributed by atoms with E-state index >= 15 is 0 Å². The molecular weight excluding hydrogens is 338 g/mol. The summed E-state index contributed by atoms with van der Waals surface area (Å²) in [5, 5.41) is 0. The number of hydrogen-bond acceptors (Lipinski definition) is 3. The fourth-order valence-corrected chi connectivity index (χ4v) is 3.31. The minimum atomic E-state index is -3.47. The molecule has 1 rings (SSSR count). The summed E-state index contributed by atoms with van der Waals surface area (Å²) in [6.45, 7) is 2.14. The largest absolute Gasteiger partial charge is 0.260 e. The average Bonchev–Trinajstić information content (AvgIpc) is 2.28. The Hall–Kier alpha value is -0.240. The van der Waals surface area contributed by atoms with Crippen LogP contribution in [0.25, 0.3) is 0 Å². The molecule has 0 aliphatic carbocycles. The maximum Gasteiger partial charge on any atom is 0.240 e. The predicted octanol–water partition coefficient (Wildman–Crippen LogP) is 1.80. The second-order valence-electron chi connectivity index (χ2n) is 3.94. The van der Waals surface area contributed by atoms with Gasteiger partial charge in [-0.3, -0.25) is 4.21 Å². The monoisotopic (exact) mass is 353 g/mol. The molecule has 1 unspecified atom stereocenters. The molecule has 4 nitrogen and oxygen atoms in total. The Balaban J connectivity index is 2.68. The smallest absolute Gasteiger partial charge is 0.240 e. The summed E-state index contributed by atoms with van der Waals surface area (Å²) >= 11 is 3.33. The molecule has 0 saturated heterocycles. The first-order valence-electron chi connectivity index (χ1n) is 5.39. The Morgan fingerprint density at radius 1 is 1.39 bits per heavy atom. The molecule has 0 radical (unpaired) electrons. The van der Waals surface area contributed by atoms with Crippen LogP contribution in [0, 0.1) is 6.92 Å². The standard InChI is InChI=1S/C11H16BrNO3S2/c1-9-8-10(4-5-11(9)12)18(15,16)13-6-3-7-17(2)14/h4-5,8,13H,3,6-7H2,1-2H3. The minimum Gasteiger partial charge on any atom is -0.260 e. The number of sulfonamides is 1. The molecule has 0 aromatic heterocycles. The molecule has 0 bridgehead atoms. The van der Waals surface area contributed by atoms with E-state index in [4.69, 9.17) is 0 Å². The van der Waals surface area contributed by atoms with Gasteiger partial charge in [0, 0.05) is 33.8 Å². The fourth-order valence-electron chi connectivity index (χ4n) is 1.35. The van der Waals surface area contributed by atoms with Crippen molar-refractivity contribution < 1.29 is 12.6 Å². The molecule has 1 N–H and O–H groups in total. The minimum absolute atomic E-state index is 0.251. The Bertz CT molecular complexity index is 543. The summed E-state index contributed by atoms with van der Waals surface area (Å²) in [5.41, 5.74) is 0.868. The lowest BCUT2D eigenvalue weighted by Gasteiger charge is -2.07. The highest BCUT2D eigenvalue weighted by molar-refractivity contribution is 9.10. The third kappa shape index (κ3) is 4.79. The molecule has 0 amide bonds. The van der Waals surface area contributed by atoms with Crippen molar-refractivity contribution in [2.75, 3.05) is 18.6 Å². The summed E-state index contributed by atoms with van der Waals surface area (Å²) in [4.78, 5) is 0.251. The molecule has 0 fully saturated rings. The molecular formula is C11H16BrNO3S2. The maximum atomic E-state index is 11.9. The van der Waals surface area contributed by atoms with E-state index in [9.17, 15) is 12.6 Å². The zero-order valence-corrected chi connectivity index (χ0v) is 13.5. The number of benzene rings is 1. The van der Waals surface area contributed by atoms with Crippen LogP contribution in [0.5, 0.6) is 0 Å². The molecule has 0 aliphatic heterocycles. The van der Waals surface area contributed by atoms with E-state index in [1.165, 1.54) is 0 Å². The Morgan fingerprint density at radius 2 is 2.06 bits per heavy atom. The van der Waals surface area contributed by atoms with Crippen LogP contribution in [-0.4, -0.2) is 31.2 Å². The van der Waals surface area contributed by atoms with Crippen LogP contribution < -0.4 is 4.72 Å². The molecule has 1 aromatic carbocycles. The van der Waals surface area contributed by atoms with E-state index in [0.29, 0.717) is 18.7 Å². The molecule has 7 heteroatoms. The molecule has 102 valence electrons.